The summed E-state index contributed by atoms with van der Waals surface area (Å²) in [5.74, 6) is 1.31. The van der Waals surface area contributed by atoms with E-state index in [4.69, 9.17) is 13.9 Å². The summed E-state index contributed by atoms with van der Waals surface area (Å²) in [5, 5.41) is 10.5. The van der Waals surface area contributed by atoms with Crippen LogP contribution in [-0.4, -0.2) is 30.3 Å². The van der Waals surface area contributed by atoms with Gasteiger partial charge >= 0.3 is 6.01 Å². The molecule has 3 aromatic rings. The average molecular weight is 367 g/mol. The van der Waals surface area contributed by atoms with Gasteiger partial charge in [-0.2, -0.15) is 0 Å². The van der Waals surface area contributed by atoms with Crippen LogP contribution in [-0.2, 0) is 11.2 Å². The molecule has 0 bridgehead atoms. The second-order valence-corrected chi connectivity index (χ2v) is 6.19. The van der Waals surface area contributed by atoms with Crippen LogP contribution in [0.3, 0.4) is 0 Å². The average Bonchev–Trinajstić information content (AvgIpc) is 3.09. The van der Waals surface area contributed by atoms with Gasteiger partial charge in [-0.15, -0.1) is 5.10 Å². The summed E-state index contributed by atoms with van der Waals surface area (Å²) >= 11 is 0. The maximum atomic E-state index is 12.3. The van der Waals surface area contributed by atoms with Gasteiger partial charge in [-0.1, -0.05) is 28.4 Å². The SMILES string of the molecule is COc1ccc(CC(=O)Nc2nnc(-c3cc(C)cc(C)c3)o2)c(OC)c1. The highest BCUT2D eigenvalue weighted by Gasteiger charge is 2.14. The number of hydrogen-bond acceptors (Lipinski definition) is 6. The summed E-state index contributed by atoms with van der Waals surface area (Å²) < 4.78 is 16.0. The van der Waals surface area contributed by atoms with E-state index < -0.39 is 0 Å². The molecule has 7 heteroatoms. The molecule has 1 aromatic heterocycles. The Hall–Kier alpha value is -3.35. The zero-order valence-corrected chi connectivity index (χ0v) is 15.7. The first-order valence-electron chi connectivity index (χ1n) is 8.41. The zero-order valence-electron chi connectivity index (χ0n) is 15.7. The summed E-state index contributed by atoms with van der Waals surface area (Å²) in [6.45, 7) is 4.00. The second-order valence-electron chi connectivity index (χ2n) is 6.19. The Kier molecular flexibility index (Phi) is 5.40. The van der Waals surface area contributed by atoms with E-state index in [9.17, 15) is 4.79 Å². The topological polar surface area (TPSA) is 86.5 Å². The molecule has 0 aliphatic heterocycles. The predicted molar refractivity (Wildman–Crippen MR) is 101 cm³/mol. The number of amides is 1. The fourth-order valence-corrected chi connectivity index (χ4v) is 2.82. The molecule has 1 amide bonds. The van der Waals surface area contributed by atoms with Crippen molar-refractivity contribution in [2.24, 2.45) is 0 Å². The molecule has 3 rings (SSSR count). The van der Waals surface area contributed by atoms with Crippen molar-refractivity contribution in [2.45, 2.75) is 20.3 Å². The van der Waals surface area contributed by atoms with E-state index >= 15 is 0 Å². The Morgan fingerprint density at radius 1 is 1.04 bits per heavy atom. The minimum Gasteiger partial charge on any atom is -0.497 e. The van der Waals surface area contributed by atoms with E-state index in [1.54, 1.807) is 32.4 Å². The molecule has 27 heavy (non-hydrogen) atoms. The van der Waals surface area contributed by atoms with Crippen molar-refractivity contribution < 1.29 is 18.7 Å². The van der Waals surface area contributed by atoms with Crippen molar-refractivity contribution in [3.63, 3.8) is 0 Å². The third kappa shape index (κ3) is 4.44. The molecule has 0 aliphatic rings. The van der Waals surface area contributed by atoms with Gasteiger partial charge in [0.25, 0.3) is 0 Å². The maximum absolute atomic E-state index is 12.3. The van der Waals surface area contributed by atoms with Gasteiger partial charge < -0.3 is 13.9 Å². The largest absolute Gasteiger partial charge is 0.497 e. The van der Waals surface area contributed by atoms with Crippen LogP contribution in [0, 0.1) is 13.8 Å². The van der Waals surface area contributed by atoms with Gasteiger partial charge in [-0.25, -0.2) is 0 Å². The number of anilines is 1. The molecule has 0 fully saturated rings. The minimum absolute atomic E-state index is 0.0571. The molecule has 2 aromatic carbocycles. The highest BCUT2D eigenvalue weighted by atomic mass is 16.5. The molecule has 0 atom stereocenters. The predicted octanol–water partition coefficient (Wildman–Crippen LogP) is 3.55. The first kappa shape index (κ1) is 18.4. The fraction of sp³-hybridized carbons (Fsp3) is 0.250. The monoisotopic (exact) mass is 367 g/mol. The maximum Gasteiger partial charge on any atom is 0.322 e. The van der Waals surface area contributed by atoms with Crippen LogP contribution < -0.4 is 14.8 Å². The third-order valence-electron chi connectivity index (χ3n) is 3.99. The molecule has 0 spiro atoms. The van der Waals surface area contributed by atoms with Crippen molar-refractivity contribution in [1.29, 1.82) is 0 Å². The summed E-state index contributed by atoms with van der Waals surface area (Å²) in [7, 11) is 3.12. The van der Waals surface area contributed by atoms with Crippen molar-refractivity contribution in [1.82, 2.24) is 10.2 Å². The Morgan fingerprint density at radius 2 is 1.78 bits per heavy atom. The number of aromatic nitrogens is 2. The standard InChI is InChI=1S/C20H21N3O4/c1-12-7-13(2)9-15(8-12)19-22-23-20(27-19)21-18(24)10-14-5-6-16(25-3)11-17(14)26-4/h5-9,11H,10H2,1-4H3,(H,21,23,24). The molecule has 0 aliphatic carbocycles. The molecular formula is C20H21N3O4. The molecule has 0 saturated heterocycles. The van der Waals surface area contributed by atoms with Gasteiger partial charge in [-0.3, -0.25) is 10.1 Å². The summed E-state index contributed by atoms with van der Waals surface area (Å²) in [5.41, 5.74) is 3.74. The Bertz CT molecular complexity index is 945. The van der Waals surface area contributed by atoms with Crippen LogP contribution in [0.1, 0.15) is 16.7 Å². The van der Waals surface area contributed by atoms with Gasteiger partial charge in [0.1, 0.15) is 11.5 Å². The smallest absolute Gasteiger partial charge is 0.322 e. The first-order valence-corrected chi connectivity index (χ1v) is 8.41. The van der Waals surface area contributed by atoms with Gasteiger partial charge in [-0.05, 0) is 32.0 Å². The number of carbonyl (C=O) groups is 1. The van der Waals surface area contributed by atoms with Crippen molar-refractivity contribution in [3.8, 4) is 23.0 Å². The van der Waals surface area contributed by atoms with Crippen LogP contribution in [0.2, 0.25) is 0 Å². The number of ether oxygens (including phenoxy) is 2. The number of rotatable bonds is 6. The lowest BCUT2D eigenvalue weighted by Crippen LogP contribution is -2.15. The Labute approximate surface area is 157 Å². The number of benzene rings is 2. The van der Waals surface area contributed by atoms with Gasteiger partial charge in [0, 0.05) is 17.2 Å². The number of aryl methyl sites for hydroxylation is 2. The number of nitrogens with one attached hydrogen (secondary N) is 1. The lowest BCUT2D eigenvalue weighted by molar-refractivity contribution is -0.115. The fourth-order valence-electron chi connectivity index (χ4n) is 2.82. The van der Waals surface area contributed by atoms with Gasteiger partial charge in [0.05, 0.1) is 20.6 Å². The molecule has 7 nitrogen and oxygen atoms in total. The quantitative estimate of drug-likeness (QED) is 0.717. The molecule has 0 unspecified atom stereocenters. The number of methoxy groups -OCH3 is 2. The molecule has 0 radical (unpaired) electrons. The summed E-state index contributed by atoms with van der Waals surface area (Å²) in [6, 6.07) is 11.3. The number of hydrogen-bond donors (Lipinski definition) is 1. The van der Waals surface area contributed by atoms with E-state index in [1.807, 2.05) is 26.0 Å². The lowest BCUT2D eigenvalue weighted by atomic mass is 10.1. The van der Waals surface area contributed by atoms with Crippen LogP contribution in [0.5, 0.6) is 11.5 Å². The summed E-state index contributed by atoms with van der Waals surface area (Å²) in [6.07, 6.45) is 0.106. The first-order chi connectivity index (χ1) is 13.0. The Balaban J connectivity index is 1.71. The molecule has 1 N–H and O–H groups in total. The molecule has 1 heterocycles. The highest BCUT2D eigenvalue weighted by molar-refractivity contribution is 5.90. The summed E-state index contributed by atoms with van der Waals surface area (Å²) in [4.78, 5) is 12.3. The highest BCUT2D eigenvalue weighted by Crippen LogP contribution is 2.26. The third-order valence-corrected chi connectivity index (χ3v) is 3.99. The number of carbonyl (C=O) groups excluding carboxylic acids is 1. The van der Waals surface area contributed by atoms with Crippen molar-refractivity contribution in [3.05, 3.63) is 53.1 Å². The lowest BCUT2D eigenvalue weighted by Gasteiger charge is -2.09. The van der Waals surface area contributed by atoms with Crippen molar-refractivity contribution >= 4 is 11.9 Å². The van der Waals surface area contributed by atoms with Gasteiger partial charge in [0.15, 0.2) is 0 Å². The van der Waals surface area contributed by atoms with Crippen LogP contribution in [0.25, 0.3) is 11.5 Å². The minimum atomic E-state index is -0.283. The van der Waals surface area contributed by atoms with E-state index in [1.165, 1.54) is 0 Å². The van der Waals surface area contributed by atoms with Crippen molar-refractivity contribution in [2.75, 3.05) is 19.5 Å². The van der Waals surface area contributed by atoms with E-state index in [0.717, 1.165) is 22.3 Å². The number of nitrogens with zero attached hydrogens (tertiary/aromatic N) is 2. The van der Waals surface area contributed by atoms with Gasteiger partial charge in [0.2, 0.25) is 11.8 Å². The molecule has 0 saturated carbocycles. The van der Waals surface area contributed by atoms with Crippen LogP contribution in [0.4, 0.5) is 6.01 Å². The Morgan fingerprint density at radius 3 is 2.44 bits per heavy atom. The second kappa shape index (κ2) is 7.90. The van der Waals surface area contributed by atoms with E-state index in [-0.39, 0.29) is 18.3 Å². The van der Waals surface area contributed by atoms with E-state index in [2.05, 4.69) is 21.6 Å². The molecule has 140 valence electrons. The normalized spacial score (nSPS) is 10.5. The van der Waals surface area contributed by atoms with E-state index in [0.29, 0.717) is 17.4 Å². The molecular weight excluding hydrogens is 346 g/mol. The van der Waals surface area contributed by atoms with Crippen LogP contribution in [0.15, 0.2) is 40.8 Å². The van der Waals surface area contributed by atoms with Crippen LogP contribution >= 0.6 is 0 Å². The zero-order chi connectivity index (χ0) is 19.4.